The van der Waals surface area contributed by atoms with E-state index in [4.69, 9.17) is 0 Å². The molecule has 0 amide bonds. The summed E-state index contributed by atoms with van der Waals surface area (Å²) in [6.07, 6.45) is 5.99. The third-order valence-electron chi connectivity index (χ3n) is 4.06. The zero-order valence-corrected chi connectivity index (χ0v) is 12.4. The highest BCUT2D eigenvalue weighted by atomic mass is 32.2. The minimum absolute atomic E-state index is 0.0727. The van der Waals surface area contributed by atoms with E-state index in [0.29, 0.717) is 0 Å². The van der Waals surface area contributed by atoms with Gasteiger partial charge in [0.15, 0.2) is 0 Å². The summed E-state index contributed by atoms with van der Waals surface area (Å²) >= 11 is 0. The first kappa shape index (κ1) is 14.3. The van der Waals surface area contributed by atoms with E-state index in [9.17, 15) is 8.42 Å². The van der Waals surface area contributed by atoms with Crippen molar-refractivity contribution in [2.45, 2.75) is 69.7 Å². The zero-order chi connectivity index (χ0) is 13.2. The van der Waals surface area contributed by atoms with Gasteiger partial charge in [0.05, 0.1) is 5.25 Å². The Morgan fingerprint density at radius 2 is 2.00 bits per heavy atom. The van der Waals surface area contributed by atoms with E-state index in [2.05, 4.69) is 19.2 Å². The Hall–Kier alpha value is -0.130. The summed E-state index contributed by atoms with van der Waals surface area (Å²) in [5.74, 6) is 0. The smallest absolute Gasteiger partial charge is 0.217 e. The molecule has 0 bridgehead atoms. The molecule has 2 atom stereocenters. The molecule has 4 nitrogen and oxygen atoms in total. The van der Waals surface area contributed by atoms with Gasteiger partial charge in [0.1, 0.15) is 0 Å². The number of nitrogens with one attached hydrogen (secondary N) is 1. The van der Waals surface area contributed by atoms with Crippen molar-refractivity contribution in [2.24, 2.45) is 0 Å². The van der Waals surface area contributed by atoms with Crippen LogP contribution in [0.25, 0.3) is 0 Å². The Balaban J connectivity index is 2.05. The largest absolute Gasteiger partial charge is 0.313 e. The van der Waals surface area contributed by atoms with Crippen molar-refractivity contribution in [2.75, 3.05) is 13.1 Å². The first-order valence-electron chi connectivity index (χ1n) is 7.31. The quantitative estimate of drug-likeness (QED) is 0.802. The van der Waals surface area contributed by atoms with Gasteiger partial charge in [0.2, 0.25) is 10.0 Å². The molecule has 2 fully saturated rings. The summed E-state index contributed by atoms with van der Waals surface area (Å²) in [4.78, 5) is 0. The predicted molar refractivity (Wildman–Crippen MR) is 74.0 cm³/mol. The van der Waals surface area contributed by atoms with E-state index in [-0.39, 0.29) is 17.3 Å². The molecule has 1 aliphatic carbocycles. The lowest BCUT2D eigenvalue weighted by molar-refractivity contribution is 0.208. The van der Waals surface area contributed by atoms with Crippen LogP contribution in [0, 0.1) is 0 Å². The van der Waals surface area contributed by atoms with Crippen molar-refractivity contribution >= 4 is 10.0 Å². The van der Waals surface area contributed by atoms with Gasteiger partial charge in [-0.3, -0.25) is 0 Å². The molecule has 0 aromatic rings. The van der Waals surface area contributed by atoms with E-state index in [1.807, 2.05) is 4.31 Å². The van der Waals surface area contributed by atoms with Crippen LogP contribution in [0.5, 0.6) is 0 Å². The number of hydrogen-bond donors (Lipinski definition) is 1. The number of sulfonamides is 1. The molecule has 18 heavy (non-hydrogen) atoms. The van der Waals surface area contributed by atoms with Crippen LogP contribution in [0.2, 0.25) is 0 Å². The van der Waals surface area contributed by atoms with E-state index in [1.165, 1.54) is 0 Å². The molecular weight excluding hydrogens is 248 g/mol. The summed E-state index contributed by atoms with van der Waals surface area (Å²) in [5, 5.41) is 3.38. The Morgan fingerprint density at radius 1 is 1.28 bits per heavy atom. The highest BCUT2D eigenvalue weighted by molar-refractivity contribution is 7.90. The second kappa shape index (κ2) is 5.88. The lowest BCUT2D eigenvalue weighted by Crippen LogP contribution is -2.54. The summed E-state index contributed by atoms with van der Waals surface area (Å²) in [6.45, 7) is 5.96. The predicted octanol–water partition coefficient (Wildman–Crippen LogP) is 1.72. The van der Waals surface area contributed by atoms with Crippen LogP contribution in [0.3, 0.4) is 0 Å². The van der Waals surface area contributed by atoms with Gasteiger partial charge in [0.25, 0.3) is 0 Å². The van der Waals surface area contributed by atoms with Gasteiger partial charge >= 0.3 is 0 Å². The van der Waals surface area contributed by atoms with Gasteiger partial charge in [0, 0.05) is 18.6 Å². The molecule has 2 rings (SSSR count). The maximum absolute atomic E-state index is 12.4. The van der Waals surface area contributed by atoms with Crippen LogP contribution >= 0.6 is 0 Å². The van der Waals surface area contributed by atoms with Gasteiger partial charge < -0.3 is 5.32 Å². The maximum Gasteiger partial charge on any atom is 0.217 e. The van der Waals surface area contributed by atoms with Gasteiger partial charge in [-0.1, -0.05) is 13.3 Å². The van der Waals surface area contributed by atoms with Gasteiger partial charge in [-0.15, -0.1) is 0 Å². The lowest BCUT2D eigenvalue weighted by atomic mass is 9.99. The monoisotopic (exact) mass is 274 g/mol. The molecule has 0 spiro atoms. The molecule has 1 saturated carbocycles. The Bertz CT molecular complexity index is 365. The standard InChI is InChI=1S/C13H26N2O2S/c1-3-9-14-11(2)13-6-4-5-10-15(13)18(16,17)12-7-8-12/h11-14H,3-10H2,1-2H3. The minimum Gasteiger partial charge on any atom is -0.313 e. The van der Waals surface area contributed by atoms with E-state index < -0.39 is 10.0 Å². The fraction of sp³-hybridized carbons (Fsp3) is 1.00. The molecule has 2 aliphatic rings. The van der Waals surface area contributed by atoms with Gasteiger partial charge in [-0.05, 0) is 45.6 Å². The normalized spacial score (nSPS) is 28.2. The molecule has 1 aliphatic heterocycles. The topological polar surface area (TPSA) is 49.4 Å². The molecule has 1 N–H and O–H groups in total. The summed E-state index contributed by atoms with van der Waals surface area (Å²) in [5.41, 5.74) is 0. The number of nitrogens with zero attached hydrogens (tertiary/aromatic N) is 1. The van der Waals surface area contributed by atoms with Crippen molar-refractivity contribution in [3.05, 3.63) is 0 Å². The zero-order valence-electron chi connectivity index (χ0n) is 11.6. The summed E-state index contributed by atoms with van der Waals surface area (Å²) in [6, 6.07) is 0.426. The number of hydrogen-bond acceptors (Lipinski definition) is 3. The van der Waals surface area contributed by atoms with Gasteiger partial charge in [-0.25, -0.2) is 8.42 Å². The van der Waals surface area contributed by atoms with Gasteiger partial charge in [-0.2, -0.15) is 4.31 Å². The van der Waals surface area contributed by atoms with Crippen LogP contribution in [0.15, 0.2) is 0 Å². The van der Waals surface area contributed by atoms with Crippen LogP contribution in [0.4, 0.5) is 0 Å². The summed E-state index contributed by atoms with van der Waals surface area (Å²) < 4.78 is 26.7. The minimum atomic E-state index is -3.01. The van der Waals surface area contributed by atoms with E-state index >= 15 is 0 Å². The van der Waals surface area contributed by atoms with Crippen LogP contribution in [-0.2, 0) is 10.0 Å². The second-order valence-electron chi connectivity index (χ2n) is 5.66. The molecule has 0 aromatic carbocycles. The van der Waals surface area contributed by atoms with Crippen molar-refractivity contribution in [1.29, 1.82) is 0 Å². The number of rotatable bonds is 6. The van der Waals surface area contributed by atoms with E-state index in [1.54, 1.807) is 0 Å². The summed E-state index contributed by atoms with van der Waals surface area (Å²) in [7, 11) is -3.01. The highest BCUT2D eigenvalue weighted by Crippen LogP contribution is 2.34. The second-order valence-corrected chi connectivity index (χ2v) is 7.83. The first-order valence-corrected chi connectivity index (χ1v) is 8.81. The fourth-order valence-electron chi connectivity index (χ4n) is 2.81. The Kier molecular flexibility index (Phi) is 4.67. The third-order valence-corrected chi connectivity index (χ3v) is 6.49. The third kappa shape index (κ3) is 3.06. The average Bonchev–Trinajstić information content (AvgIpc) is 3.20. The van der Waals surface area contributed by atoms with Crippen LogP contribution < -0.4 is 5.32 Å². The number of piperidine rings is 1. The van der Waals surface area contributed by atoms with Crippen LogP contribution in [0.1, 0.15) is 52.4 Å². The first-order chi connectivity index (χ1) is 8.57. The molecule has 106 valence electrons. The SMILES string of the molecule is CCCNC(C)C1CCCCN1S(=O)(=O)C1CC1. The molecule has 1 heterocycles. The van der Waals surface area contributed by atoms with Crippen molar-refractivity contribution < 1.29 is 8.42 Å². The highest BCUT2D eigenvalue weighted by Gasteiger charge is 2.44. The molecule has 1 saturated heterocycles. The molecule has 2 unspecified atom stereocenters. The average molecular weight is 274 g/mol. The maximum atomic E-state index is 12.4. The molecule has 5 heteroatoms. The van der Waals surface area contributed by atoms with Crippen LogP contribution in [-0.4, -0.2) is 43.1 Å². The van der Waals surface area contributed by atoms with E-state index in [0.717, 1.165) is 51.6 Å². The Morgan fingerprint density at radius 3 is 2.61 bits per heavy atom. The fourth-order valence-corrected chi connectivity index (χ4v) is 4.98. The Labute approximate surface area is 111 Å². The lowest BCUT2D eigenvalue weighted by Gasteiger charge is -2.38. The van der Waals surface area contributed by atoms with Crippen molar-refractivity contribution in [3.63, 3.8) is 0 Å². The molecule has 0 radical (unpaired) electrons. The van der Waals surface area contributed by atoms with Crippen molar-refractivity contribution in [3.8, 4) is 0 Å². The van der Waals surface area contributed by atoms with Crippen molar-refractivity contribution in [1.82, 2.24) is 9.62 Å². The molecule has 0 aromatic heterocycles. The molecular formula is C13H26N2O2S.